The van der Waals surface area contributed by atoms with Crippen molar-refractivity contribution in [1.82, 2.24) is 0 Å². The molecule has 0 unspecified atom stereocenters. The van der Waals surface area contributed by atoms with Gasteiger partial charge in [0.15, 0.2) is 0 Å². The molecule has 3 nitrogen and oxygen atoms in total. The van der Waals surface area contributed by atoms with Gasteiger partial charge in [-0.25, -0.2) is 0 Å². The minimum absolute atomic E-state index is 0.133. The third-order valence-corrected chi connectivity index (χ3v) is 3.67. The van der Waals surface area contributed by atoms with Crippen LogP contribution in [0.3, 0.4) is 0 Å². The predicted octanol–water partition coefficient (Wildman–Crippen LogP) is 1.59. The second-order valence-corrected chi connectivity index (χ2v) is 5.95. The van der Waals surface area contributed by atoms with Crippen molar-refractivity contribution in [2.24, 2.45) is 0 Å². The lowest BCUT2D eigenvalue weighted by molar-refractivity contribution is -0.324. The normalized spacial score (nSPS) is 11.8. The Balaban J connectivity index is 3.38. The molecule has 0 bridgehead atoms. The first-order chi connectivity index (χ1) is 5.82. The van der Waals surface area contributed by atoms with Crippen LogP contribution in [0, 0.1) is 10.7 Å². The lowest BCUT2D eigenvalue weighted by atomic mass is 10.2. The van der Waals surface area contributed by atoms with E-state index in [0.717, 1.165) is 3.57 Å². The highest BCUT2D eigenvalue weighted by atomic mass is 127. The molecule has 1 aromatic carbocycles. The van der Waals surface area contributed by atoms with Crippen molar-refractivity contribution < 1.29 is 15.3 Å². The van der Waals surface area contributed by atoms with Gasteiger partial charge in [0, 0.05) is 10.7 Å². The van der Waals surface area contributed by atoms with Crippen molar-refractivity contribution >= 4 is 67.8 Å². The lowest BCUT2D eigenvalue weighted by Crippen LogP contribution is -2.26. The van der Waals surface area contributed by atoms with Crippen LogP contribution in [0.4, 0.5) is 0 Å². The van der Waals surface area contributed by atoms with Crippen LogP contribution < -0.4 is 0 Å². The van der Waals surface area contributed by atoms with Gasteiger partial charge >= 0.3 is 5.97 Å². The molecule has 0 spiro atoms. The average Bonchev–Trinajstić information content (AvgIpc) is 1.78. The van der Waals surface area contributed by atoms with E-state index in [9.17, 15) is 0 Å². The monoisotopic (exact) mass is 518 g/mol. The van der Waals surface area contributed by atoms with Crippen LogP contribution in [0.2, 0.25) is 0 Å². The van der Waals surface area contributed by atoms with Gasteiger partial charge in [0.1, 0.15) is 0 Å². The summed E-state index contributed by atoms with van der Waals surface area (Å²) in [7, 11) is 0. The van der Waals surface area contributed by atoms with Crippen LogP contribution in [0.25, 0.3) is 0 Å². The zero-order valence-corrected chi connectivity index (χ0v) is 12.6. The van der Waals surface area contributed by atoms with Gasteiger partial charge in [0.05, 0.1) is 5.56 Å². The number of halogens is 3. The maximum Gasteiger partial charge on any atom is 0.306 e. The molecule has 0 radical (unpaired) electrons. The number of rotatable bonds is 1. The van der Waals surface area contributed by atoms with E-state index >= 15 is 0 Å². The van der Waals surface area contributed by atoms with Crippen molar-refractivity contribution in [3.8, 4) is 0 Å². The minimum Gasteiger partial charge on any atom is -0.340 e. The molecule has 0 amide bonds. The highest BCUT2D eigenvalue weighted by Gasteiger charge is 2.27. The maximum absolute atomic E-state index is 9.04. The van der Waals surface area contributed by atoms with E-state index < -0.39 is 5.97 Å². The SMILES string of the molecule is OC(O)(O)c1c(I)cc(I)cc1I. The molecule has 6 heteroatoms. The first-order valence-electron chi connectivity index (χ1n) is 3.14. The summed E-state index contributed by atoms with van der Waals surface area (Å²) < 4.78 is 2.24. The summed E-state index contributed by atoms with van der Waals surface area (Å²) in [5.41, 5.74) is 0.133. The summed E-state index contributed by atoms with van der Waals surface area (Å²) in [5, 5.41) is 27.1. The quantitative estimate of drug-likeness (QED) is 0.392. The minimum atomic E-state index is -2.75. The van der Waals surface area contributed by atoms with E-state index in [-0.39, 0.29) is 5.56 Å². The molecule has 1 rings (SSSR count). The molecule has 0 aliphatic rings. The van der Waals surface area contributed by atoms with Crippen LogP contribution in [0.15, 0.2) is 12.1 Å². The summed E-state index contributed by atoms with van der Waals surface area (Å²) in [5.74, 6) is -2.75. The Hall–Kier alpha value is 1.29. The third-order valence-electron chi connectivity index (χ3n) is 1.34. The smallest absolute Gasteiger partial charge is 0.306 e. The van der Waals surface area contributed by atoms with E-state index in [1.807, 2.05) is 45.2 Å². The molecule has 0 aliphatic heterocycles. The van der Waals surface area contributed by atoms with Gasteiger partial charge in [-0.2, -0.15) is 0 Å². The molecule has 0 fully saturated rings. The molecule has 0 saturated carbocycles. The topological polar surface area (TPSA) is 60.7 Å². The van der Waals surface area contributed by atoms with Gasteiger partial charge in [0.25, 0.3) is 0 Å². The van der Waals surface area contributed by atoms with Crippen molar-refractivity contribution in [3.05, 3.63) is 28.4 Å². The number of hydrogen-bond acceptors (Lipinski definition) is 3. The van der Waals surface area contributed by atoms with Gasteiger partial charge in [-0.05, 0) is 79.9 Å². The van der Waals surface area contributed by atoms with Crippen LogP contribution in [0.5, 0.6) is 0 Å². The van der Waals surface area contributed by atoms with Crippen LogP contribution in [-0.2, 0) is 5.97 Å². The van der Waals surface area contributed by atoms with E-state index in [4.69, 9.17) is 15.3 Å². The zero-order chi connectivity index (χ0) is 10.2. The van der Waals surface area contributed by atoms with Gasteiger partial charge in [-0.3, -0.25) is 0 Å². The number of hydrogen-bond donors (Lipinski definition) is 3. The number of aliphatic hydroxyl groups is 3. The van der Waals surface area contributed by atoms with E-state index in [1.54, 1.807) is 12.1 Å². The second-order valence-electron chi connectivity index (χ2n) is 2.38. The first kappa shape index (κ1) is 12.4. The molecule has 0 heterocycles. The summed E-state index contributed by atoms with van der Waals surface area (Å²) >= 11 is 6.02. The molecule has 1 aromatic rings. The summed E-state index contributed by atoms with van der Waals surface area (Å²) in [6, 6.07) is 3.52. The number of benzene rings is 1. The van der Waals surface area contributed by atoms with Crippen molar-refractivity contribution in [2.75, 3.05) is 0 Å². The lowest BCUT2D eigenvalue weighted by Gasteiger charge is -2.18. The van der Waals surface area contributed by atoms with Crippen LogP contribution >= 0.6 is 67.8 Å². The van der Waals surface area contributed by atoms with E-state index in [1.165, 1.54) is 0 Å². The maximum atomic E-state index is 9.04. The summed E-state index contributed by atoms with van der Waals surface area (Å²) in [6.45, 7) is 0. The highest BCUT2D eigenvalue weighted by molar-refractivity contribution is 14.1. The van der Waals surface area contributed by atoms with Crippen molar-refractivity contribution in [1.29, 1.82) is 0 Å². The Kier molecular flexibility index (Phi) is 4.21. The standard InChI is InChI=1S/C7H5I3O3/c8-3-1-4(9)6(5(10)2-3)7(11,12)13/h1-2,11-13H. The molecule has 0 atom stereocenters. The Morgan fingerprint density at radius 2 is 1.31 bits per heavy atom. The summed E-state index contributed by atoms with van der Waals surface area (Å²) in [4.78, 5) is 0. The largest absolute Gasteiger partial charge is 0.340 e. The molecular weight excluding hydrogens is 513 g/mol. The highest BCUT2D eigenvalue weighted by Crippen LogP contribution is 2.28. The Morgan fingerprint density at radius 3 is 1.62 bits per heavy atom. The van der Waals surface area contributed by atoms with Crippen LogP contribution in [0.1, 0.15) is 5.56 Å². The van der Waals surface area contributed by atoms with Crippen molar-refractivity contribution in [3.63, 3.8) is 0 Å². The Bertz CT molecular complexity index is 309. The average molecular weight is 518 g/mol. The Morgan fingerprint density at radius 1 is 0.923 bits per heavy atom. The molecule has 0 aliphatic carbocycles. The van der Waals surface area contributed by atoms with Gasteiger partial charge in [-0.15, -0.1) is 0 Å². The molecule has 0 saturated heterocycles. The fraction of sp³-hybridized carbons (Fsp3) is 0.143. The molecular formula is C7H5I3O3. The third kappa shape index (κ3) is 3.12. The summed E-state index contributed by atoms with van der Waals surface area (Å²) in [6.07, 6.45) is 0. The first-order valence-corrected chi connectivity index (χ1v) is 6.38. The molecule has 13 heavy (non-hydrogen) atoms. The fourth-order valence-corrected chi connectivity index (χ4v) is 5.17. The fourth-order valence-electron chi connectivity index (χ4n) is 0.863. The molecule has 0 aromatic heterocycles. The second kappa shape index (κ2) is 4.43. The van der Waals surface area contributed by atoms with Crippen LogP contribution in [-0.4, -0.2) is 15.3 Å². The molecule has 3 N–H and O–H groups in total. The predicted molar refractivity (Wildman–Crippen MR) is 72.9 cm³/mol. The molecule has 72 valence electrons. The van der Waals surface area contributed by atoms with E-state index in [2.05, 4.69) is 22.6 Å². The Labute approximate surface area is 116 Å². The van der Waals surface area contributed by atoms with E-state index in [0.29, 0.717) is 7.14 Å². The zero-order valence-electron chi connectivity index (χ0n) is 6.13. The van der Waals surface area contributed by atoms with Gasteiger partial charge in [0.2, 0.25) is 0 Å². The van der Waals surface area contributed by atoms with Gasteiger partial charge < -0.3 is 15.3 Å². The van der Waals surface area contributed by atoms with Crippen molar-refractivity contribution in [2.45, 2.75) is 5.97 Å². The van der Waals surface area contributed by atoms with Gasteiger partial charge in [-0.1, -0.05) is 0 Å².